The van der Waals surface area contributed by atoms with Crippen LogP contribution in [-0.2, 0) is 16.1 Å². The maximum atomic E-state index is 12.1. The van der Waals surface area contributed by atoms with Crippen molar-refractivity contribution in [2.45, 2.75) is 51.9 Å². The van der Waals surface area contributed by atoms with E-state index in [-0.39, 0.29) is 6.09 Å². The van der Waals surface area contributed by atoms with Gasteiger partial charge in [-0.2, -0.15) is 0 Å². The van der Waals surface area contributed by atoms with Crippen LogP contribution in [0.2, 0.25) is 10.0 Å². The number of benzene rings is 1. The predicted octanol–water partition coefficient (Wildman–Crippen LogP) is 4.91. The fourth-order valence-electron chi connectivity index (χ4n) is 2.45. The van der Waals surface area contributed by atoms with Crippen LogP contribution < -0.4 is 0 Å². The molecule has 1 heterocycles. The molecule has 1 aromatic rings. The number of carbonyl (C=O) groups is 1. The standard InChI is InChI=1S/C17H23Cl2NO3/c1-16(2,3)23-15(21)20-9-8-17(4,11-20)22-10-12-6-5-7-13(18)14(12)19/h5-7H,8-11H2,1-4H3. The van der Waals surface area contributed by atoms with Gasteiger partial charge in [0.15, 0.2) is 0 Å². The molecular formula is C17H23Cl2NO3. The van der Waals surface area contributed by atoms with Gasteiger partial charge in [-0.05, 0) is 45.7 Å². The molecule has 0 radical (unpaired) electrons. The topological polar surface area (TPSA) is 38.8 Å². The molecule has 1 atom stereocenters. The molecule has 0 spiro atoms. The first-order valence-electron chi connectivity index (χ1n) is 7.64. The van der Waals surface area contributed by atoms with E-state index in [0.717, 1.165) is 12.0 Å². The largest absolute Gasteiger partial charge is 0.444 e. The van der Waals surface area contributed by atoms with Crippen molar-refractivity contribution < 1.29 is 14.3 Å². The third-order valence-corrected chi connectivity index (χ3v) is 4.55. The Hall–Kier alpha value is -0.970. The molecule has 0 aromatic heterocycles. The van der Waals surface area contributed by atoms with Crippen LogP contribution >= 0.6 is 23.2 Å². The lowest BCUT2D eigenvalue weighted by Crippen LogP contribution is -2.39. The van der Waals surface area contributed by atoms with Crippen LogP contribution in [0.1, 0.15) is 39.7 Å². The highest BCUT2D eigenvalue weighted by atomic mass is 35.5. The van der Waals surface area contributed by atoms with Gasteiger partial charge in [0.25, 0.3) is 0 Å². The van der Waals surface area contributed by atoms with Gasteiger partial charge in [0, 0.05) is 6.54 Å². The van der Waals surface area contributed by atoms with Crippen molar-refractivity contribution in [2.75, 3.05) is 13.1 Å². The van der Waals surface area contributed by atoms with E-state index in [4.69, 9.17) is 32.7 Å². The molecule has 0 bridgehead atoms. The van der Waals surface area contributed by atoms with E-state index in [1.807, 2.05) is 39.8 Å². The predicted molar refractivity (Wildman–Crippen MR) is 92.1 cm³/mol. The molecule has 1 aliphatic heterocycles. The summed E-state index contributed by atoms with van der Waals surface area (Å²) in [6.45, 7) is 9.05. The van der Waals surface area contributed by atoms with Crippen LogP contribution in [-0.4, -0.2) is 35.3 Å². The molecule has 0 aliphatic carbocycles. The minimum atomic E-state index is -0.495. The second-order valence-electron chi connectivity index (χ2n) is 7.10. The summed E-state index contributed by atoms with van der Waals surface area (Å²) in [5.41, 5.74) is -0.0653. The van der Waals surface area contributed by atoms with E-state index in [2.05, 4.69) is 0 Å². The number of likely N-dealkylation sites (tertiary alicyclic amines) is 1. The van der Waals surface area contributed by atoms with Gasteiger partial charge in [0.05, 0.1) is 28.8 Å². The lowest BCUT2D eigenvalue weighted by molar-refractivity contribution is -0.0374. The Morgan fingerprint density at radius 1 is 1.35 bits per heavy atom. The first kappa shape index (κ1) is 18.4. The number of hydrogen-bond donors (Lipinski definition) is 0. The smallest absolute Gasteiger partial charge is 0.410 e. The van der Waals surface area contributed by atoms with E-state index in [9.17, 15) is 4.79 Å². The number of amides is 1. The molecule has 4 nitrogen and oxygen atoms in total. The summed E-state index contributed by atoms with van der Waals surface area (Å²) in [5, 5.41) is 1.03. The zero-order valence-electron chi connectivity index (χ0n) is 14.0. The maximum Gasteiger partial charge on any atom is 0.410 e. The number of nitrogens with zero attached hydrogens (tertiary/aromatic N) is 1. The summed E-state index contributed by atoms with van der Waals surface area (Å²) in [6.07, 6.45) is 0.454. The first-order chi connectivity index (χ1) is 10.6. The molecule has 1 amide bonds. The van der Waals surface area contributed by atoms with Crippen LogP contribution in [0.4, 0.5) is 4.79 Å². The van der Waals surface area contributed by atoms with Gasteiger partial charge in [-0.25, -0.2) is 4.79 Å². The van der Waals surface area contributed by atoms with Crippen LogP contribution in [0.25, 0.3) is 0 Å². The third kappa shape index (κ3) is 5.00. The van der Waals surface area contributed by atoms with Crippen molar-refractivity contribution in [1.82, 2.24) is 4.90 Å². The molecule has 23 heavy (non-hydrogen) atoms. The van der Waals surface area contributed by atoms with Crippen molar-refractivity contribution in [3.8, 4) is 0 Å². The Kier molecular flexibility index (Phi) is 5.49. The Labute approximate surface area is 147 Å². The molecule has 6 heteroatoms. The quantitative estimate of drug-likeness (QED) is 0.769. The SMILES string of the molecule is CC(C)(C)OC(=O)N1CCC(C)(OCc2cccc(Cl)c2Cl)C1. The highest BCUT2D eigenvalue weighted by Gasteiger charge is 2.38. The molecule has 1 fully saturated rings. The summed E-state index contributed by atoms with van der Waals surface area (Å²) >= 11 is 12.2. The summed E-state index contributed by atoms with van der Waals surface area (Å²) in [7, 11) is 0. The summed E-state index contributed by atoms with van der Waals surface area (Å²) < 4.78 is 11.4. The Bertz CT molecular complexity index is 586. The van der Waals surface area contributed by atoms with Crippen molar-refractivity contribution in [3.63, 3.8) is 0 Å². The fourth-order valence-corrected chi connectivity index (χ4v) is 2.82. The second kappa shape index (κ2) is 6.88. The van der Waals surface area contributed by atoms with Gasteiger partial charge in [0.2, 0.25) is 0 Å². The number of ether oxygens (including phenoxy) is 2. The molecule has 1 aromatic carbocycles. The summed E-state index contributed by atoms with van der Waals surface area (Å²) in [4.78, 5) is 13.8. The van der Waals surface area contributed by atoms with Crippen LogP contribution in [0, 0.1) is 0 Å². The normalized spacial score (nSPS) is 21.6. The van der Waals surface area contributed by atoms with E-state index in [1.54, 1.807) is 11.0 Å². The lowest BCUT2D eigenvalue weighted by Gasteiger charge is -2.27. The number of rotatable bonds is 3. The van der Waals surface area contributed by atoms with Gasteiger partial charge in [-0.3, -0.25) is 0 Å². The highest BCUT2D eigenvalue weighted by Crippen LogP contribution is 2.30. The van der Waals surface area contributed by atoms with Gasteiger partial charge < -0.3 is 14.4 Å². The molecule has 0 saturated carbocycles. The van der Waals surface area contributed by atoms with E-state index < -0.39 is 11.2 Å². The highest BCUT2D eigenvalue weighted by molar-refractivity contribution is 6.42. The Balaban J connectivity index is 1.94. The Morgan fingerprint density at radius 3 is 2.70 bits per heavy atom. The lowest BCUT2D eigenvalue weighted by atomic mass is 10.1. The molecule has 1 saturated heterocycles. The van der Waals surface area contributed by atoms with Crippen LogP contribution in [0.15, 0.2) is 18.2 Å². The summed E-state index contributed by atoms with van der Waals surface area (Å²) in [5.74, 6) is 0. The van der Waals surface area contributed by atoms with Crippen LogP contribution in [0.5, 0.6) is 0 Å². The van der Waals surface area contributed by atoms with Crippen molar-refractivity contribution in [2.24, 2.45) is 0 Å². The Morgan fingerprint density at radius 2 is 2.04 bits per heavy atom. The maximum absolute atomic E-state index is 12.1. The zero-order valence-corrected chi connectivity index (χ0v) is 15.5. The van der Waals surface area contributed by atoms with Gasteiger partial charge in [0.1, 0.15) is 5.60 Å². The third-order valence-electron chi connectivity index (χ3n) is 3.70. The number of halogens is 2. The minimum Gasteiger partial charge on any atom is -0.444 e. The zero-order chi connectivity index (χ0) is 17.3. The average molecular weight is 360 g/mol. The molecule has 1 unspecified atom stereocenters. The van der Waals surface area contributed by atoms with Gasteiger partial charge in [-0.15, -0.1) is 0 Å². The van der Waals surface area contributed by atoms with Crippen LogP contribution in [0.3, 0.4) is 0 Å². The van der Waals surface area contributed by atoms with E-state index in [1.165, 1.54) is 0 Å². The second-order valence-corrected chi connectivity index (χ2v) is 7.89. The van der Waals surface area contributed by atoms with Crippen molar-refractivity contribution >= 4 is 29.3 Å². The monoisotopic (exact) mass is 359 g/mol. The van der Waals surface area contributed by atoms with Gasteiger partial charge in [-0.1, -0.05) is 35.3 Å². The van der Waals surface area contributed by atoms with E-state index in [0.29, 0.717) is 29.7 Å². The first-order valence-corrected chi connectivity index (χ1v) is 8.40. The number of hydrogen-bond acceptors (Lipinski definition) is 3. The minimum absolute atomic E-state index is 0.300. The van der Waals surface area contributed by atoms with E-state index >= 15 is 0 Å². The summed E-state index contributed by atoms with van der Waals surface area (Å²) in [6, 6.07) is 5.48. The van der Waals surface area contributed by atoms with Gasteiger partial charge >= 0.3 is 6.09 Å². The van der Waals surface area contributed by atoms with Crippen molar-refractivity contribution in [3.05, 3.63) is 33.8 Å². The number of carbonyl (C=O) groups excluding carboxylic acids is 1. The molecule has 2 rings (SSSR count). The molecule has 1 aliphatic rings. The van der Waals surface area contributed by atoms with Crippen molar-refractivity contribution in [1.29, 1.82) is 0 Å². The molecule has 0 N–H and O–H groups in total. The fraction of sp³-hybridized carbons (Fsp3) is 0.588. The molecular weight excluding hydrogens is 337 g/mol. The molecule has 128 valence electrons. The average Bonchev–Trinajstić information content (AvgIpc) is 2.82.